The highest BCUT2D eigenvalue weighted by Crippen LogP contribution is 2.30. The van der Waals surface area contributed by atoms with Crippen LogP contribution in [0.15, 0.2) is 59.5 Å². The molecule has 47 heavy (non-hydrogen) atoms. The molecular weight excluding hydrogens is 628 g/mol. The van der Waals surface area contributed by atoms with Gasteiger partial charge in [-0.05, 0) is 100 Å². The molecule has 2 amide bonds. The highest BCUT2D eigenvalue weighted by atomic mass is 35.5. The lowest BCUT2D eigenvalue weighted by molar-refractivity contribution is 0.0224. The Morgan fingerprint density at radius 2 is 1.77 bits per heavy atom. The molecule has 2 aromatic heterocycles. The third-order valence-corrected chi connectivity index (χ3v) is 9.11. The predicted octanol–water partition coefficient (Wildman–Crippen LogP) is 7.06. The van der Waals surface area contributed by atoms with Crippen molar-refractivity contribution in [3.63, 3.8) is 0 Å². The number of pyridine rings is 1. The molecule has 0 bridgehead atoms. The van der Waals surface area contributed by atoms with Gasteiger partial charge in [0.1, 0.15) is 11.3 Å². The standard InChI is InChI=1S/C35H38ClF2N5O4/c1-35(2,3)47-34(46)41-15-14-22-10-13-26(16-23(22)20-41)43-29-7-5-4-6-28(29)42(33(43)45)19-21-8-11-25(12-9-21)40-32(44)27-17-24(36)18-39-30(27)31(37)38/h4-7,10,13,16-18,21,25,31H,8-9,11-12,14-15,19-20H2,1-3H3,(H,40,44). The van der Waals surface area contributed by atoms with Crippen LogP contribution in [0.1, 0.15) is 80.1 Å². The lowest BCUT2D eigenvalue weighted by Gasteiger charge is -2.31. The molecule has 1 N–H and O–H groups in total. The Hall–Kier alpha value is -4.25. The molecule has 0 saturated heterocycles. The van der Waals surface area contributed by atoms with E-state index in [2.05, 4.69) is 10.3 Å². The first-order valence-electron chi connectivity index (χ1n) is 15.9. The summed E-state index contributed by atoms with van der Waals surface area (Å²) in [6.45, 7) is 7.03. The Kier molecular flexibility index (Phi) is 9.11. The maximum atomic E-state index is 14.0. The number of benzene rings is 2. The maximum Gasteiger partial charge on any atom is 0.410 e. The summed E-state index contributed by atoms with van der Waals surface area (Å²) in [7, 11) is 0. The number of imidazole rings is 1. The second-order valence-electron chi connectivity index (χ2n) is 13.4. The number of rotatable bonds is 6. The summed E-state index contributed by atoms with van der Waals surface area (Å²) in [4.78, 5) is 45.0. The molecule has 9 nitrogen and oxygen atoms in total. The Labute approximate surface area is 276 Å². The van der Waals surface area contributed by atoms with Gasteiger partial charge in [-0.2, -0.15) is 0 Å². The van der Waals surface area contributed by atoms with Crippen LogP contribution in [-0.4, -0.2) is 49.2 Å². The van der Waals surface area contributed by atoms with Gasteiger partial charge in [-0.1, -0.05) is 29.8 Å². The third kappa shape index (κ3) is 7.05. The molecule has 4 aromatic rings. The number of ether oxygens (including phenoxy) is 1. The van der Waals surface area contributed by atoms with Crippen LogP contribution in [0.5, 0.6) is 0 Å². The second kappa shape index (κ2) is 13.1. The van der Waals surface area contributed by atoms with Crippen molar-refractivity contribution in [2.45, 2.75) is 84.0 Å². The van der Waals surface area contributed by atoms with Gasteiger partial charge >= 0.3 is 11.8 Å². The highest BCUT2D eigenvalue weighted by Gasteiger charge is 2.29. The molecule has 2 aliphatic rings. The summed E-state index contributed by atoms with van der Waals surface area (Å²) in [6, 6.07) is 14.7. The topological polar surface area (TPSA) is 98.5 Å². The van der Waals surface area contributed by atoms with E-state index in [1.54, 1.807) is 9.47 Å². The first-order valence-corrected chi connectivity index (χ1v) is 16.3. The van der Waals surface area contributed by atoms with E-state index >= 15 is 0 Å². The number of carbonyl (C=O) groups is 2. The number of carbonyl (C=O) groups excluding carboxylic acids is 2. The van der Waals surface area contributed by atoms with E-state index in [1.807, 2.05) is 67.8 Å². The summed E-state index contributed by atoms with van der Waals surface area (Å²) in [5.74, 6) is -0.423. The fraction of sp³-hybridized carbons (Fsp3) is 0.429. The monoisotopic (exact) mass is 665 g/mol. The zero-order chi connectivity index (χ0) is 33.5. The maximum absolute atomic E-state index is 14.0. The molecule has 12 heteroatoms. The van der Waals surface area contributed by atoms with E-state index in [9.17, 15) is 23.2 Å². The van der Waals surface area contributed by atoms with Crippen LogP contribution in [0.25, 0.3) is 16.7 Å². The van der Waals surface area contributed by atoms with Crippen LogP contribution in [0.4, 0.5) is 13.6 Å². The molecule has 1 aliphatic heterocycles. The van der Waals surface area contributed by atoms with Crippen LogP contribution in [0, 0.1) is 5.92 Å². The number of hydrogen-bond acceptors (Lipinski definition) is 5. The molecule has 248 valence electrons. The average Bonchev–Trinajstić information content (AvgIpc) is 3.30. The molecule has 1 saturated carbocycles. The van der Waals surface area contributed by atoms with Crippen molar-refractivity contribution in [2.24, 2.45) is 5.92 Å². The van der Waals surface area contributed by atoms with Gasteiger partial charge in [0.15, 0.2) is 0 Å². The number of amides is 2. The Morgan fingerprint density at radius 1 is 1.04 bits per heavy atom. The van der Waals surface area contributed by atoms with Crippen molar-refractivity contribution >= 4 is 34.6 Å². The minimum absolute atomic E-state index is 0.117. The van der Waals surface area contributed by atoms with Crippen molar-refractivity contribution in [1.82, 2.24) is 24.3 Å². The molecule has 1 fully saturated rings. The molecule has 0 atom stereocenters. The molecule has 0 spiro atoms. The fourth-order valence-electron chi connectivity index (χ4n) is 6.62. The summed E-state index contributed by atoms with van der Waals surface area (Å²) < 4.78 is 36.0. The third-order valence-electron chi connectivity index (χ3n) is 8.91. The molecule has 2 aromatic carbocycles. The van der Waals surface area contributed by atoms with E-state index in [0.717, 1.165) is 46.9 Å². The minimum atomic E-state index is -2.89. The van der Waals surface area contributed by atoms with Gasteiger partial charge in [0.2, 0.25) is 0 Å². The van der Waals surface area contributed by atoms with Gasteiger partial charge in [-0.25, -0.2) is 18.4 Å². The van der Waals surface area contributed by atoms with E-state index in [1.165, 1.54) is 6.07 Å². The van der Waals surface area contributed by atoms with Gasteiger partial charge < -0.3 is 15.0 Å². The second-order valence-corrected chi connectivity index (χ2v) is 13.8. The van der Waals surface area contributed by atoms with Crippen molar-refractivity contribution in [3.05, 3.63) is 92.6 Å². The Morgan fingerprint density at radius 3 is 2.47 bits per heavy atom. The Balaban J connectivity index is 1.17. The summed E-state index contributed by atoms with van der Waals surface area (Å²) >= 11 is 5.93. The van der Waals surface area contributed by atoms with Gasteiger partial charge in [-0.15, -0.1) is 0 Å². The van der Waals surface area contributed by atoms with E-state index in [4.69, 9.17) is 16.3 Å². The lowest BCUT2D eigenvalue weighted by atomic mass is 9.85. The molecule has 6 rings (SSSR count). The zero-order valence-electron chi connectivity index (χ0n) is 26.6. The average molecular weight is 666 g/mol. The fourth-order valence-corrected chi connectivity index (χ4v) is 6.77. The highest BCUT2D eigenvalue weighted by molar-refractivity contribution is 6.30. The Bertz CT molecular complexity index is 1870. The number of nitrogens with zero attached hydrogens (tertiary/aromatic N) is 4. The quantitative estimate of drug-likeness (QED) is 0.238. The first kappa shape index (κ1) is 32.7. The van der Waals surface area contributed by atoms with E-state index in [-0.39, 0.29) is 34.3 Å². The van der Waals surface area contributed by atoms with E-state index < -0.39 is 23.6 Å². The number of alkyl halides is 2. The largest absolute Gasteiger partial charge is 0.444 e. The van der Waals surface area contributed by atoms with Crippen LogP contribution in [0.3, 0.4) is 0 Å². The molecular formula is C35H38ClF2N5O4. The number of aromatic nitrogens is 3. The lowest BCUT2D eigenvalue weighted by Crippen LogP contribution is -2.40. The summed E-state index contributed by atoms with van der Waals surface area (Å²) in [5, 5.41) is 3.00. The summed E-state index contributed by atoms with van der Waals surface area (Å²) in [5.41, 5.74) is 2.96. The molecule has 1 aliphatic carbocycles. The smallest absolute Gasteiger partial charge is 0.410 e. The number of para-hydroxylation sites is 2. The van der Waals surface area contributed by atoms with Crippen LogP contribution in [-0.2, 0) is 24.2 Å². The van der Waals surface area contributed by atoms with Crippen LogP contribution in [0.2, 0.25) is 5.02 Å². The normalized spacial score (nSPS) is 18.3. The van der Waals surface area contributed by atoms with Gasteiger partial charge in [0, 0.05) is 31.9 Å². The predicted molar refractivity (Wildman–Crippen MR) is 175 cm³/mol. The van der Waals surface area contributed by atoms with Crippen molar-refractivity contribution in [3.8, 4) is 5.69 Å². The van der Waals surface area contributed by atoms with Gasteiger partial charge in [-0.3, -0.25) is 18.9 Å². The molecule has 0 unspecified atom stereocenters. The molecule has 0 radical (unpaired) electrons. The molecule has 3 heterocycles. The number of nitrogens with one attached hydrogen (secondary N) is 1. The van der Waals surface area contributed by atoms with E-state index in [0.29, 0.717) is 38.9 Å². The van der Waals surface area contributed by atoms with Crippen molar-refractivity contribution < 1.29 is 23.1 Å². The van der Waals surface area contributed by atoms with Gasteiger partial charge in [0.25, 0.3) is 12.3 Å². The zero-order valence-corrected chi connectivity index (χ0v) is 27.4. The van der Waals surface area contributed by atoms with Crippen molar-refractivity contribution in [2.75, 3.05) is 6.54 Å². The number of fused-ring (bicyclic) bond motifs is 2. The van der Waals surface area contributed by atoms with Crippen LogP contribution >= 0.6 is 11.6 Å². The summed E-state index contributed by atoms with van der Waals surface area (Å²) in [6.07, 6.45) is 1.39. The first-order chi connectivity index (χ1) is 22.4. The minimum Gasteiger partial charge on any atom is -0.444 e. The van der Waals surface area contributed by atoms with Crippen LogP contribution < -0.4 is 11.0 Å². The van der Waals surface area contributed by atoms with Crippen molar-refractivity contribution in [1.29, 1.82) is 0 Å². The number of halogens is 3. The number of hydrogen-bond donors (Lipinski definition) is 1. The SMILES string of the molecule is CC(C)(C)OC(=O)N1CCc2ccc(-n3c(=O)n(CC4CCC(NC(=O)c5cc(Cl)cnc5C(F)F)CC4)c4ccccc43)cc2C1. The van der Waals surface area contributed by atoms with Gasteiger partial charge in [0.05, 0.1) is 27.3 Å².